The summed E-state index contributed by atoms with van der Waals surface area (Å²) in [7, 11) is 0. The minimum atomic E-state index is -0.769. The van der Waals surface area contributed by atoms with Crippen LogP contribution in [0.5, 0.6) is 0 Å². The number of amides is 1. The van der Waals surface area contributed by atoms with Gasteiger partial charge in [0.1, 0.15) is 11.8 Å². The van der Waals surface area contributed by atoms with Crippen LogP contribution in [0.3, 0.4) is 0 Å². The van der Waals surface area contributed by atoms with Gasteiger partial charge in [-0.1, -0.05) is 0 Å². The van der Waals surface area contributed by atoms with Crippen molar-refractivity contribution in [1.82, 2.24) is 5.32 Å². The molecule has 14 heavy (non-hydrogen) atoms. The summed E-state index contributed by atoms with van der Waals surface area (Å²) >= 11 is 0. The lowest BCUT2D eigenvalue weighted by Gasteiger charge is -2.21. The molecule has 2 unspecified atom stereocenters. The summed E-state index contributed by atoms with van der Waals surface area (Å²) < 4.78 is 17.8. The molecule has 1 amide bonds. The highest BCUT2D eigenvalue weighted by Crippen LogP contribution is 2.22. The third-order valence-electron chi connectivity index (χ3n) is 2.09. The van der Waals surface area contributed by atoms with Crippen LogP contribution in [0, 0.1) is 0 Å². The summed E-state index contributed by atoms with van der Waals surface area (Å²) in [6.45, 7) is 5.41. The third-order valence-corrected chi connectivity index (χ3v) is 2.09. The highest BCUT2D eigenvalue weighted by molar-refractivity contribution is 5.68. The molecule has 0 bridgehead atoms. The van der Waals surface area contributed by atoms with Gasteiger partial charge in [0.25, 0.3) is 0 Å². The molecular formula is C10H18FNO2. The fourth-order valence-electron chi connectivity index (χ4n) is 1.53. The summed E-state index contributed by atoms with van der Waals surface area (Å²) in [6, 6.07) is -0.0557. The Morgan fingerprint density at radius 1 is 1.43 bits per heavy atom. The average molecular weight is 203 g/mol. The van der Waals surface area contributed by atoms with Crippen LogP contribution in [-0.2, 0) is 4.74 Å². The zero-order valence-electron chi connectivity index (χ0n) is 8.97. The lowest BCUT2D eigenvalue weighted by Crippen LogP contribution is -2.38. The van der Waals surface area contributed by atoms with Gasteiger partial charge in [-0.15, -0.1) is 0 Å². The number of carbonyl (C=O) groups is 1. The number of carbonyl (C=O) groups excluding carboxylic acids is 1. The SMILES string of the molecule is CC(C)(C)OC(=O)NC1CCC(F)C1. The molecule has 1 N–H and O–H groups in total. The Labute approximate surface area is 84.0 Å². The van der Waals surface area contributed by atoms with Gasteiger partial charge < -0.3 is 10.1 Å². The Bertz CT molecular complexity index is 213. The van der Waals surface area contributed by atoms with Crippen molar-refractivity contribution in [3.63, 3.8) is 0 Å². The Morgan fingerprint density at radius 2 is 2.07 bits per heavy atom. The van der Waals surface area contributed by atoms with Crippen LogP contribution in [-0.4, -0.2) is 23.9 Å². The quantitative estimate of drug-likeness (QED) is 0.710. The van der Waals surface area contributed by atoms with Crippen molar-refractivity contribution in [2.45, 2.75) is 57.8 Å². The van der Waals surface area contributed by atoms with Crippen molar-refractivity contribution < 1.29 is 13.9 Å². The Balaban J connectivity index is 2.27. The minimum absolute atomic E-state index is 0.0557. The van der Waals surface area contributed by atoms with E-state index in [-0.39, 0.29) is 6.04 Å². The van der Waals surface area contributed by atoms with E-state index in [0.29, 0.717) is 19.3 Å². The fraction of sp³-hybridized carbons (Fsp3) is 0.900. The van der Waals surface area contributed by atoms with Gasteiger partial charge in [0.15, 0.2) is 0 Å². The van der Waals surface area contributed by atoms with Crippen molar-refractivity contribution in [2.24, 2.45) is 0 Å². The normalized spacial score (nSPS) is 27.4. The van der Waals surface area contributed by atoms with Crippen LogP contribution < -0.4 is 5.32 Å². The molecule has 0 aromatic heterocycles. The number of halogens is 1. The van der Waals surface area contributed by atoms with Crippen LogP contribution >= 0.6 is 0 Å². The van der Waals surface area contributed by atoms with Crippen LogP contribution in [0.2, 0.25) is 0 Å². The first kappa shape index (κ1) is 11.3. The standard InChI is InChI=1S/C10H18FNO2/c1-10(2,3)14-9(13)12-8-5-4-7(11)6-8/h7-8H,4-6H2,1-3H3,(H,12,13). The first-order valence-corrected chi connectivity index (χ1v) is 5.00. The maximum absolute atomic E-state index is 12.8. The van der Waals surface area contributed by atoms with Gasteiger partial charge in [-0.05, 0) is 40.0 Å². The predicted molar refractivity (Wildman–Crippen MR) is 51.9 cm³/mol. The van der Waals surface area contributed by atoms with E-state index in [1.165, 1.54) is 0 Å². The molecule has 0 saturated heterocycles. The first-order chi connectivity index (χ1) is 6.37. The second-order valence-corrected chi connectivity index (χ2v) is 4.75. The molecule has 0 aromatic rings. The smallest absolute Gasteiger partial charge is 0.407 e. The van der Waals surface area contributed by atoms with Gasteiger partial charge in [0.05, 0.1) is 0 Å². The van der Waals surface area contributed by atoms with Crippen LogP contribution in [0.1, 0.15) is 40.0 Å². The molecule has 1 saturated carbocycles. The van der Waals surface area contributed by atoms with E-state index < -0.39 is 17.9 Å². The fourth-order valence-corrected chi connectivity index (χ4v) is 1.53. The van der Waals surface area contributed by atoms with E-state index in [1.54, 1.807) is 20.8 Å². The first-order valence-electron chi connectivity index (χ1n) is 5.00. The van der Waals surface area contributed by atoms with Crippen LogP contribution in [0.4, 0.5) is 9.18 Å². The molecule has 0 radical (unpaired) electrons. The molecule has 1 fully saturated rings. The van der Waals surface area contributed by atoms with Crippen LogP contribution in [0.15, 0.2) is 0 Å². The topological polar surface area (TPSA) is 38.3 Å². The molecule has 0 aromatic carbocycles. The van der Waals surface area contributed by atoms with Gasteiger partial charge in [0.2, 0.25) is 0 Å². The van der Waals surface area contributed by atoms with E-state index in [2.05, 4.69) is 5.32 Å². The van der Waals surface area contributed by atoms with E-state index in [1.807, 2.05) is 0 Å². The maximum Gasteiger partial charge on any atom is 0.407 e. The van der Waals surface area contributed by atoms with E-state index in [4.69, 9.17) is 4.74 Å². The number of hydrogen-bond donors (Lipinski definition) is 1. The number of hydrogen-bond acceptors (Lipinski definition) is 2. The Hall–Kier alpha value is -0.800. The summed E-state index contributed by atoms with van der Waals surface area (Å²) in [4.78, 5) is 11.3. The van der Waals surface area contributed by atoms with Gasteiger partial charge in [-0.2, -0.15) is 0 Å². The zero-order valence-corrected chi connectivity index (χ0v) is 8.97. The number of alkyl halides is 1. The molecule has 2 atom stereocenters. The van der Waals surface area contributed by atoms with E-state index >= 15 is 0 Å². The highest BCUT2D eigenvalue weighted by Gasteiger charge is 2.27. The Kier molecular flexibility index (Phi) is 3.34. The van der Waals surface area contributed by atoms with Crippen molar-refractivity contribution in [1.29, 1.82) is 0 Å². The molecule has 1 aliphatic carbocycles. The summed E-state index contributed by atoms with van der Waals surface area (Å²) in [5.41, 5.74) is -0.488. The molecule has 1 aliphatic rings. The maximum atomic E-state index is 12.8. The second kappa shape index (κ2) is 4.15. The molecule has 4 heteroatoms. The van der Waals surface area contributed by atoms with Crippen molar-refractivity contribution in [3.05, 3.63) is 0 Å². The second-order valence-electron chi connectivity index (χ2n) is 4.75. The van der Waals surface area contributed by atoms with E-state index in [9.17, 15) is 9.18 Å². The van der Waals surface area contributed by atoms with Gasteiger partial charge >= 0.3 is 6.09 Å². The lowest BCUT2D eigenvalue weighted by molar-refractivity contribution is 0.0504. The number of nitrogens with one attached hydrogen (secondary N) is 1. The number of rotatable bonds is 1. The van der Waals surface area contributed by atoms with Gasteiger partial charge in [-0.25, -0.2) is 9.18 Å². The zero-order chi connectivity index (χ0) is 10.8. The largest absolute Gasteiger partial charge is 0.444 e. The molecule has 0 heterocycles. The third kappa shape index (κ3) is 3.94. The summed E-state index contributed by atoms with van der Waals surface area (Å²) in [6.07, 6.45) is 0.451. The Morgan fingerprint density at radius 3 is 2.50 bits per heavy atom. The molecule has 82 valence electrons. The molecule has 1 rings (SSSR count). The average Bonchev–Trinajstić information content (AvgIpc) is 2.30. The predicted octanol–water partition coefficient (Wildman–Crippen LogP) is 2.40. The van der Waals surface area contributed by atoms with Crippen LogP contribution in [0.25, 0.3) is 0 Å². The van der Waals surface area contributed by atoms with Crippen molar-refractivity contribution >= 4 is 6.09 Å². The number of ether oxygens (including phenoxy) is 1. The van der Waals surface area contributed by atoms with Crippen molar-refractivity contribution in [2.75, 3.05) is 0 Å². The monoisotopic (exact) mass is 203 g/mol. The van der Waals surface area contributed by atoms with E-state index in [0.717, 1.165) is 0 Å². The number of alkyl carbamates (subject to hydrolysis) is 1. The summed E-state index contributed by atoms with van der Waals surface area (Å²) in [5, 5.41) is 2.66. The van der Waals surface area contributed by atoms with Gasteiger partial charge in [0, 0.05) is 6.04 Å². The minimum Gasteiger partial charge on any atom is -0.444 e. The molecular weight excluding hydrogens is 185 g/mol. The molecule has 0 aliphatic heterocycles. The molecule has 0 spiro atoms. The lowest BCUT2D eigenvalue weighted by atomic mass is 10.2. The molecule has 3 nitrogen and oxygen atoms in total. The van der Waals surface area contributed by atoms with Crippen molar-refractivity contribution in [3.8, 4) is 0 Å². The highest BCUT2D eigenvalue weighted by atomic mass is 19.1. The van der Waals surface area contributed by atoms with Gasteiger partial charge in [-0.3, -0.25) is 0 Å². The summed E-state index contributed by atoms with van der Waals surface area (Å²) in [5.74, 6) is 0.